The molecule has 0 amide bonds. The molecule has 4 rings (SSSR count). The maximum Gasteiger partial charge on any atom is 0.172 e. The molecule has 3 aromatic heterocycles. The van der Waals surface area contributed by atoms with Gasteiger partial charge in [-0.1, -0.05) is 24.4 Å². The summed E-state index contributed by atoms with van der Waals surface area (Å²) in [5.74, 6) is 0.642. The minimum absolute atomic E-state index is 0.579. The molecule has 0 radical (unpaired) electrons. The van der Waals surface area contributed by atoms with Gasteiger partial charge in [0.2, 0.25) is 0 Å². The lowest BCUT2D eigenvalue weighted by atomic mass is 10.1. The third-order valence-corrected chi connectivity index (χ3v) is 5.30. The van der Waals surface area contributed by atoms with Crippen molar-refractivity contribution >= 4 is 11.6 Å². The Kier molecular flexibility index (Phi) is 5.00. The van der Waals surface area contributed by atoms with Gasteiger partial charge in [0.05, 0.1) is 16.4 Å². The molecule has 0 bridgehead atoms. The SMILES string of the molecule is Cc1c(CNC2CCCC2)nn(-c2ncccc2Cl)c1-c1cccnc1. The van der Waals surface area contributed by atoms with E-state index < -0.39 is 0 Å². The molecule has 6 heteroatoms. The average Bonchev–Trinajstić information content (AvgIpc) is 3.29. The van der Waals surface area contributed by atoms with Crippen molar-refractivity contribution in [2.75, 3.05) is 0 Å². The van der Waals surface area contributed by atoms with Crippen LogP contribution in [-0.4, -0.2) is 25.8 Å². The van der Waals surface area contributed by atoms with Crippen molar-refractivity contribution in [2.24, 2.45) is 0 Å². The Labute approximate surface area is 158 Å². The van der Waals surface area contributed by atoms with E-state index in [2.05, 4.69) is 22.2 Å². The van der Waals surface area contributed by atoms with E-state index >= 15 is 0 Å². The first-order valence-electron chi connectivity index (χ1n) is 9.07. The van der Waals surface area contributed by atoms with Crippen molar-refractivity contribution in [1.29, 1.82) is 0 Å². The summed E-state index contributed by atoms with van der Waals surface area (Å²) >= 11 is 6.41. The molecule has 3 aromatic rings. The number of nitrogens with one attached hydrogen (secondary N) is 1. The second-order valence-corrected chi connectivity index (χ2v) is 7.15. The van der Waals surface area contributed by atoms with Crippen LogP contribution >= 0.6 is 11.6 Å². The minimum Gasteiger partial charge on any atom is -0.308 e. The molecule has 0 unspecified atom stereocenters. The fraction of sp³-hybridized carbons (Fsp3) is 0.350. The van der Waals surface area contributed by atoms with Crippen LogP contribution in [0.15, 0.2) is 42.9 Å². The molecule has 1 aliphatic rings. The van der Waals surface area contributed by atoms with E-state index in [1.165, 1.54) is 25.7 Å². The third-order valence-electron chi connectivity index (χ3n) is 5.01. The molecule has 0 atom stereocenters. The van der Waals surface area contributed by atoms with Crippen LogP contribution in [0.2, 0.25) is 5.02 Å². The van der Waals surface area contributed by atoms with Crippen LogP contribution in [0.1, 0.15) is 36.9 Å². The molecular formula is C20H22ClN5. The quantitative estimate of drug-likeness (QED) is 0.729. The van der Waals surface area contributed by atoms with Gasteiger partial charge in [-0.15, -0.1) is 0 Å². The molecule has 1 aliphatic carbocycles. The summed E-state index contributed by atoms with van der Waals surface area (Å²) in [6.07, 6.45) is 10.5. The summed E-state index contributed by atoms with van der Waals surface area (Å²) < 4.78 is 1.85. The van der Waals surface area contributed by atoms with Gasteiger partial charge in [-0.05, 0) is 44.0 Å². The Morgan fingerprint density at radius 2 is 2.00 bits per heavy atom. The number of hydrogen-bond acceptors (Lipinski definition) is 4. The summed E-state index contributed by atoms with van der Waals surface area (Å²) in [6, 6.07) is 8.24. The monoisotopic (exact) mass is 367 g/mol. The molecule has 134 valence electrons. The van der Waals surface area contributed by atoms with Crippen molar-refractivity contribution in [3.8, 4) is 17.1 Å². The maximum absolute atomic E-state index is 6.41. The lowest BCUT2D eigenvalue weighted by Gasteiger charge is -2.10. The van der Waals surface area contributed by atoms with Crippen LogP contribution < -0.4 is 5.32 Å². The summed E-state index contributed by atoms with van der Waals surface area (Å²) in [4.78, 5) is 8.72. The Hall–Kier alpha value is -2.24. The van der Waals surface area contributed by atoms with E-state index in [1.54, 1.807) is 12.4 Å². The van der Waals surface area contributed by atoms with Crippen LogP contribution in [0.25, 0.3) is 17.1 Å². The molecule has 0 spiro atoms. The van der Waals surface area contributed by atoms with Crippen molar-refractivity contribution in [3.05, 3.63) is 59.1 Å². The fourth-order valence-corrected chi connectivity index (χ4v) is 3.81. The molecule has 0 aromatic carbocycles. The first-order chi connectivity index (χ1) is 12.7. The molecule has 3 heterocycles. The number of nitrogens with zero attached hydrogens (tertiary/aromatic N) is 4. The predicted molar refractivity (Wildman–Crippen MR) is 103 cm³/mol. The van der Waals surface area contributed by atoms with Gasteiger partial charge in [-0.3, -0.25) is 4.98 Å². The van der Waals surface area contributed by atoms with Gasteiger partial charge in [-0.2, -0.15) is 5.10 Å². The summed E-state index contributed by atoms with van der Waals surface area (Å²) in [7, 11) is 0. The first kappa shape index (κ1) is 17.2. The molecule has 1 N–H and O–H groups in total. The van der Waals surface area contributed by atoms with Gasteiger partial charge in [0, 0.05) is 42.3 Å². The Balaban J connectivity index is 1.76. The van der Waals surface area contributed by atoms with Gasteiger partial charge in [0.25, 0.3) is 0 Å². The van der Waals surface area contributed by atoms with Crippen LogP contribution in [0, 0.1) is 6.92 Å². The largest absolute Gasteiger partial charge is 0.308 e. The highest BCUT2D eigenvalue weighted by Crippen LogP contribution is 2.30. The second-order valence-electron chi connectivity index (χ2n) is 6.74. The topological polar surface area (TPSA) is 55.6 Å². The zero-order valence-electron chi connectivity index (χ0n) is 14.8. The number of pyridine rings is 2. The van der Waals surface area contributed by atoms with Crippen LogP contribution in [0.3, 0.4) is 0 Å². The number of halogens is 1. The zero-order valence-corrected chi connectivity index (χ0v) is 15.6. The van der Waals surface area contributed by atoms with E-state index in [1.807, 2.05) is 35.1 Å². The normalized spacial score (nSPS) is 14.8. The molecule has 0 aliphatic heterocycles. The molecule has 0 saturated heterocycles. The summed E-state index contributed by atoms with van der Waals surface area (Å²) in [5, 5.41) is 9.09. The van der Waals surface area contributed by atoms with Crippen LogP contribution in [0.4, 0.5) is 0 Å². The van der Waals surface area contributed by atoms with Crippen LogP contribution in [0.5, 0.6) is 0 Å². The first-order valence-corrected chi connectivity index (χ1v) is 9.45. The fourth-order valence-electron chi connectivity index (χ4n) is 3.61. The van der Waals surface area contributed by atoms with Crippen LogP contribution in [-0.2, 0) is 6.54 Å². The maximum atomic E-state index is 6.41. The third kappa shape index (κ3) is 3.37. The van der Waals surface area contributed by atoms with Gasteiger partial charge in [0.15, 0.2) is 5.82 Å². The highest BCUT2D eigenvalue weighted by molar-refractivity contribution is 6.32. The van der Waals surface area contributed by atoms with Crippen molar-refractivity contribution in [1.82, 2.24) is 25.1 Å². The smallest absolute Gasteiger partial charge is 0.172 e. The van der Waals surface area contributed by atoms with E-state index in [9.17, 15) is 0 Å². The van der Waals surface area contributed by atoms with Gasteiger partial charge in [-0.25, -0.2) is 9.67 Å². The lowest BCUT2D eigenvalue weighted by molar-refractivity contribution is 0.517. The zero-order chi connectivity index (χ0) is 17.9. The van der Waals surface area contributed by atoms with Gasteiger partial charge >= 0.3 is 0 Å². The minimum atomic E-state index is 0.579. The van der Waals surface area contributed by atoms with E-state index in [0.717, 1.165) is 29.1 Å². The molecular weight excluding hydrogens is 346 g/mol. The molecule has 5 nitrogen and oxygen atoms in total. The van der Waals surface area contributed by atoms with Crippen molar-refractivity contribution in [2.45, 2.75) is 45.2 Å². The van der Waals surface area contributed by atoms with Crippen molar-refractivity contribution < 1.29 is 0 Å². The molecule has 1 fully saturated rings. The number of hydrogen-bond donors (Lipinski definition) is 1. The standard InChI is InChI=1S/C20H22ClN5/c1-14-18(13-24-16-7-2-3-8-16)25-26(20-17(21)9-5-11-23-20)19(14)15-6-4-10-22-12-15/h4-6,9-12,16,24H,2-3,7-8,13H2,1H3. The lowest BCUT2D eigenvalue weighted by Crippen LogP contribution is -2.25. The number of rotatable bonds is 5. The molecule has 1 saturated carbocycles. The Morgan fingerprint density at radius 3 is 2.73 bits per heavy atom. The summed E-state index contributed by atoms with van der Waals surface area (Å²) in [5.41, 5.74) is 4.15. The summed E-state index contributed by atoms with van der Waals surface area (Å²) in [6.45, 7) is 2.86. The van der Waals surface area contributed by atoms with E-state index in [4.69, 9.17) is 16.7 Å². The Bertz CT molecular complexity index is 884. The highest BCUT2D eigenvalue weighted by atomic mass is 35.5. The van der Waals surface area contributed by atoms with E-state index in [-0.39, 0.29) is 0 Å². The molecule has 26 heavy (non-hydrogen) atoms. The highest BCUT2D eigenvalue weighted by Gasteiger charge is 2.21. The second kappa shape index (κ2) is 7.56. The predicted octanol–water partition coefficient (Wildman–Crippen LogP) is 4.32. The number of aromatic nitrogens is 4. The van der Waals surface area contributed by atoms with Gasteiger partial charge in [0.1, 0.15) is 0 Å². The van der Waals surface area contributed by atoms with E-state index in [0.29, 0.717) is 16.9 Å². The average molecular weight is 368 g/mol. The van der Waals surface area contributed by atoms with Crippen molar-refractivity contribution in [3.63, 3.8) is 0 Å². The van der Waals surface area contributed by atoms with Gasteiger partial charge < -0.3 is 5.32 Å². The Morgan fingerprint density at radius 1 is 1.19 bits per heavy atom.